The topological polar surface area (TPSA) is 87.2 Å². The smallest absolute Gasteiger partial charge is 0.321 e. The lowest BCUT2D eigenvalue weighted by Crippen LogP contribution is -2.41. The molecule has 7 nitrogen and oxygen atoms in total. The molecule has 1 atom stereocenters. The molecule has 0 saturated carbocycles. The van der Waals surface area contributed by atoms with Crippen LogP contribution in [0.15, 0.2) is 42.5 Å². The molecule has 1 aliphatic heterocycles. The van der Waals surface area contributed by atoms with Gasteiger partial charge in [0, 0.05) is 35.4 Å². The van der Waals surface area contributed by atoms with Crippen LogP contribution in [0.1, 0.15) is 39.1 Å². The van der Waals surface area contributed by atoms with Crippen molar-refractivity contribution in [3.63, 3.8) is 0 Å². The van der Waals surface area contributed by atoms with Crippen molar-refractivity contribution in [3.8, 4) is 0 Å². The molecule has 4 rings (SSSR count). The van der Waals surface area contributed by atoms with Crippen LogP contribution >= 0.6 is 22.9 Å². The number of likely N-dealkylation sites (tertiary alicyclic amines) is 1. The van der Waals surface area contributed by atoms with Gasteiger partial charge in [-0.1, -0.05) is 35.1 Å². The number of aryl methyl sites for hydroxylation is 1. The number of carbonyl (C=O) groups excluding carboxylic acids is 2. The molecule has 1 fully saturated rings. The molecule has 2 aromatic carbocycles. The second-order valence-electron chi connectivity index (χ2n) is 7.58. The van der Waals surface area contributed by atoms with Crippen molar-refractivity contribution in [2.24, 2.45) is 0 Å². The number of nitrogens with one attached hydrogen (secondary N) is 2. The van der Waals surface area contributed by atoms with Crippen molar-refractivity contribution in [2.45, 2.75) is 25.7 Å². The summed E-state index contributed by atoms with van der Waals surface area (Å²) in [6.07, 6.45) is 1.66. The lowest BCUT2D eigenvalue weighted by Gasteiger charge is -2.31. The van der Waals surface area contributed by atoms with Gasteiger partial charge in [-0.3, -0.25) is 4.79 Å². The minimum absolute atomic E-state index is 0.0109. The Bertz CT molecular complexity index is 1150. The van der Waals surface area contributed by atoms with E-state index in [2.05, 4.69) is 20.8 Å². The van der Waals surface area contributed by atoms with Gasteiger partial charge in [0.25, 0.3) is 5.91 Å². The van der Waals surface area contributed by atoms with Crippen molar-refractivity contribution in [3.05, 3.63) is 68.9 Å². The molecule has 0 aliphatic carbocycles. The van der Waals surface area contributed by atoms with E-state index in [-0.39, 0.29) is 17.0 Å². The number of benzene rings is 2. The highest BCUT2D eigenvalue weighted by atomic mass is 35.5. The molecule has 3 amide bonds. The highest BCUT2D eigenvalue weighted by Gasteiger charge is 2.28. The quantitative estimate of drug-likeness (QED) is 0.538. The average Bonchev–Trinajstić information content (AvgIpc) is 3.27. The van der Waals surface area contributed by atoms with E-state index in [4.69, 9.17) is 11.6 Å². The fraction of sp³-hybridized carbons (Fsp3) is 0.273. The van der Waals surface area contributed by atoms with E-state index in [1.54, 1.807) is 23.1 Å². The summed E-state index contributed by atoms with van der Waals surface area (Å²) in [5.41, 5.74) is 1.95. The minimum atomic E-state index is -0.443. The summed E-state index contributed by atoms with van der Waals surface area (Å²) in [4.78, 5) is 27.0. The van der Waals surface area contributed by atoms with Crippen molar-refractivity contribution in [2.75, 3.05) is 23.7 Å². The van der Waals surface area contributed by atoms with Crippen LogP contribution in [-0.4, -0.2) is 40.1 Å². The number of piperidine rings is 1. The van der Waals surface area contributed by atoms with Crippen LogP contribution in [0.5, 0.6) is 0 Å². The third-order valence-electron chi connectivity index (χ3n) is 5.22. The van der Waals surface area contributed by atoms with Gasteiger partial charge in [0.1, 0.15) is 10.8 Å². The Morgan fingerprint density at radius 3 is 2.84 bits per heavy atom. The van der Waals surface area contributed by atoms with E-state index in [1.807, 2.05) is 13.0 Å². The summed E-state index contributed by atoms with van der Waals surface area (Å²) in [5.74, 6) is -0.890. The predicted molar refractivity (Wildman–Crippen MR) is 123 cm³/mol. The Balaban J connectivity index is 1.40. The monoisotopic (exact) mass is 473 g/mol. The van der Waals surface area contributed by atoms with Crippen LogP contribution in [0, 0.1) is 12.7 Å². The lowest BCUT2D eigenvalue weighted by atomic mass is 9.99. The van der Waals surface area contributed by atoms with Gasteiger partial charge in [-0.2, -0.15) is 0 Å². The largest absolute Gasteiger partial charge is 0.324 e. The molecule has 0 spiro atoms. The number of halogens is 2. The van der Waals surface area contributed by atoms with Gasteiger partial charge in [0.05, 0.1) is 0 Å². The van der Waals surface area contributed by atoms with Crippen LogP contribution in [0.2, 0.25) is 5.02 Å². The van der Waals surface area contributed by atoms with Crippen molar-refractivity contribution >= 4 is 46.3 Å². The number of hydrogen-bond acceptors (Lipinski definition) is 5. The van der Waals surface area contributed by atoms with E-state index in [0.29, 0.717) is 34.5 Å². The van der Waals surface area contributed by atoms with Gasteiger partial charge in [-0.15, -0.1) is 10.2 Å². The molecular weight excluding hydrogens is 453 g/mol. The first kappa shape index (κ1) is 22.2. The zero-order valence-corrected chi connectivity index (χ0v) is 18.8. The maximum absolute atomic E-state index is 13.3. The third-order valence-corrected chi connectivity index (χ3v) is 6.54. The van der Waals surface area contributed by atoms with E-state index < -0.39 is 11.7 Å². The van der Waals surface area contributed by atoms with Gasteiger partial charge in [0.15, 0.2) is 0 Å². The SMILES string of the molecule is Cc1ccc(Cl)cc1NC(=O)N1CCC[C@H](c2nnc(C(=O)Nc3cccc(F)c3)s2)C1. The molecule has 0 radical (unpaired) electrons. The van der Waals surface area contributed by atoms with Gasteiger partial charge in [0.2, 0.25) is 5.01 Å². The van der Waals surface area contributed by atoms with Gasteiger partial charge >= 0.3 is 6.03 Å². The normalized spacial score (nSPS) is 16.0. The van der Waals surface area contributed by atoms with Gasteiger partial charge in [-0.25, -0.2) is 9.18 Å². The highest BCUT2D eigenvalue weighted by molar-refractivity contribution is 7.13. The molecule has 0 bridgehead atoms. The standard InChI is InChI=1S/C22H21ClFN5O2S/c1-13-7-8-15(23)10-18(13)26-22(31)29-9-3-4-14(12-29)20-27-28-21(32-20)19(30)25-17-6-2-5-16(24)11-17/h2,5-8,10-11,14H,3-4,9,12H2,1H3,(H,25,30)(H,26,31)/t14-/m0/s1. The molecule has 32 heavy (non-hydrogen) atoms. The number of hydrogen-bond donors (Lipinski definition) is 2. The number of anilines is 2. The second kappa shape index (κ2) is 9.62. The first-order valence-electron chi connectivity index (χ1n) is 10.1. The summed E-state index contributed by atoms with van der Waals surface area (Å²) in [6.45, 7) is 3.02. The number of urea groups is 1. The average molecular weight is 474 g/mol. The Morgan fingerprint density at radius 1 is 1.19 bits per heavy atom. The summed E-state index contributed by atoms with van der Waals surface area (Å²) < 4.78 is 13.3. The number of rotatable bonds is 4. The van der Waals surface area contributed by atoms with Crippen LogP contribution in [0.4, 0.5) is 20.6 Å². The summed E-state index contributed by atoms with van der Waals surface area (Å²) in [7, 11) is 0. The molecular formula is C22H21ClFN5O2S. The lowest BCUT2D eigenvalue weighted by molar-refractivity contribution is 0.102. The molecule has 1 saturated heterocycles. The van der Waals surface area contributed by atoms with E-state index in [9.17, 15) is 14.0 Å². The molecule has 3 aromatic rings. The zero-order valence-electron chi connectivity index (χ0n) is 17.3. The number of amides is 3. The molecule has 1 aromatic heterocycles. The van der Waals surface area contributed by atoms with Crippen LogP contribution in [-0.2, 0) is 0 Å². The number of carbonyl (C=O) groups is 2. The van der Waals surface area contributed by atoms with Crippen molar-refractivity contribution in [1.29, 1.82) is 0 Å². The highest BCUT2D eigenvalue weighted by Crippen LogP contribution is 2.30. The Kier molecular flexibility index (Phi) is 6.66. The van der Waals surface area contributed by atoms with E-state index in [1.165, 1.54) is 29.5 Å². The second-order valence-corrected chi connectivity index (χ2v) is 9.03. The van der Waals surface area contributed by atoms with E-state index >= 15 is 0 Å². The maximum Gasteiger partial charge on any atom is 0.321 e. The van der Waals surface area contributed by atoms with Crippen molar-refractivity contribution < 1.29 is 14.0 Å². The van der Waals surface area contributed by atoms with Gasteiger partial charge in [-0.05, 0) is 55.7 Å². The maximum atomic E-state index is 13.3. The number of nitrogens with zero attached hydrogens (tertiary/aromatic N) is 3. The minimum Gasteiger partial charge on any atom is -0.324 e. The van der Waals surface area contributed by atoms with E-state index in [0.717, 1.165) is 18.4 Å². The molecule has 166 valence electrons. The third kappa shape index (κ3) is 5.23. The Hall–Kier alpha value is -3.04. The fourth-order valence-electron chi connectivity index (χ4n) is 3.53. The molecule has 2 N–H and O–H groups in total. The number of aromatic nitrogens is 2. The molecule has 2 heterocycles. The Labute approximate surface area is 193 Å². The predicted octanol–water partition coefficient (Wildman–Crippen LogP) is 5.30. The molecule has 1 aliphatic rings. The van der Waals surface area contributed by atoms with Crippen molar-refractivity contribution in [1.82, 2.24) is 15.1 Å². The van der Waals surface area contributed by atoms with Crippen LogP contribution in [0.25, 0.3) is 0 Å². The van der Waals surface area contributed by atoms with Crippen LogP contribution in [0.3, 0.4) is 0 Å². The van der Waals surface area contributed by atoms with Crippen LogP contribution < -0.4 is 10.6 Å². The summed E-state index contributed by atoms with van der Waals surface area (Å²) >= 11 is 7.24. The fourth-order valence-corrected chi connectivity index (χ4v) is 4.56. The Morgan fingerprint density at radius 2 is 2.03 bits per heavy atom. The molecule has 10 heteroatoms. The molecule has 0 unspecified atom stereocenters. The summed E-state index contributed by atoms with van der Waals surface area (Å²) in [5, 5.41) is 15.2. The zero-order chi connectivity index (χ0) is 22.7. The van der Waals surface area contributed by atoms with Gasteiger partial charge < -0.3 is 15.5 Å². The first-order chi connectivity index (χ1) is 15.4. The summed E-state index contributed by atoms with van der Waals surface area (Å²) in [6, 6.07) is 10.8. The first-order valence-corrected chi connectivity index (χ1v) is 11.3.